The van der Waals surface area contributed by atoms with Gasteiger partial charge in [0.1, 0.15) is 31.1 Å². The van der Waals surface area contributed by atoms with E-state index in [1.165, 1.54) is 44.1 Å². The minimum absolute atomic E-state index is 0.381. The number of fused-ring (bicyclic) bond motifs is 2. The first-order chi connectivity index (χ1) is 16.6. The van der Waals surface area contributed by atoms with Crippen LogP contribution in [0.1, 0.15) is 36.9 Å². The van der Waals surface area contributed by atoms with E-state index in [4.69, 9.17) is 8.83 Å². The Morgan fingerprint density at radius 1 is 0.686 bits per heavy atom. The lowest BCUT2D eigenvalue weighted by atomic mass is 10.2. The number of hydrogen-bond donors (Lipinski definition) is 0. The second kappa shape index (κ2) is 7.41. The lowest BCUT2D eigenvalue weighted by molar-refractivity contribution is 0.404. The molecule has 0 fully saturated rings. The highest BCUT2D eigenvalue weighted by molar-refractivity contribution is 6.94. The fraction of sp³-hybridized carbons (Fsp3) is 0.333. The molecule has 4 heterocycles. The largest absolute Gasteiger partial charge is 0.461 e. The lowest BCUT2D eigenvalue weighted by Crippen LogP contribution is -2.35. The molecule has 2 atom stereocenters. The summed E-state index contributed by atoms with van der Waals surface area (Å²) in [5, 5.41) is 2.93. The van der Waals surface area contributed by atoms with Gasteiger partial charge in [0, 0.05) is 48.7 Å². The summed E-state index contributed by atoms with van der Waals surface area (Å²) in [5.41, 5.74) is 7.88. The van der Waals surface area contributed by atoms with Crippen molar-refractivity contribution >= 4 is 19.2 Å². The molecule has 35 heavy (non-hydrogen) atoms. The van der Waals surface area contributed by atoms with Crippen LogP contribution in [0.15, 0.2) is 90.3 Å². The summed E-state index contributed by atoms with van der Waals surface area (Å²) < 4.78 is 12.4. The summed E-state index contributed by atoms with van der Waals surface area (Å²) in [6, 6.07) is 9.17. The zero-order valence-electron chi connectivity index (χ0n) is 22.0. The second-order valence-corrected chi connectivity index (χ2v) is 15.2. The van der Waals surface area contributed by atoms with Crippen molar-refractivity contribution in [1.29, 1.82) is 0 Å². The molecule has 0 bridgehead atoms. The molecule has 0 saturated carbocycles. The predicted octanol–water partition coefficient (Wildman–Crippen LogP) is 6.80. The molecule has 2 aliphatic carbocycles. The first-order valence-electron chi connectivity index (χ1n) is 12.5. The van der Waals surface area contributed by atoms with Crippen LogP contribution in [0.25, 0.3) is 11.1 Å². The van der Waals surface area contributed by atoms with Crippen LogP contribution >= 0.6 is 0 Å². The van der Waals surface area contributed by atoms with Crippen molar-refractivity contribution in [1.82, 2.24) is 9.80 Å². The van der Waals surface area contributed by atoms with E-state index in [1.807, 2.05) is 13.8 Å². The zero-order valence-corrected chi connectivity index (χ0v) is 23.0. The van der Waals surface area contributed by atoms with Crippen molar-refractivity contribution in [2.45, 2.75) is 52.9 Å². The zero-order chi connectivity index (χ0) is 24.8. The smallest absolute Gasteiger partial charge is 0.134 e. The number of allylic oxidation sites excluding steroid dienone is 6. The van der Waals surface area contributed by atoms with Gasteiger partial charge in [0.05, 0.1) is 0 Å². The SMILES string of the molecule is Cc1ccc(C2=C([Si](C)(C)C3=C(c4ccc(C)o4)C=C4C3=CC(C)N4C)C3=CC(C)N(C)C3=C2)o1. The Hall–Kier alpha value is -3.18. The Labute approximate surface area is 209 Å². The molecular formula is C30H34N2O2Si. The highest BCUT2D eigenvalue weighted by Gasteiger charge is 2.47. The van der Waals surface area contributed by atoms with Gasteiger partial charge in [-0.1, -0.05) is 25.2 Å². The summed E-state index contributed by atoms with van der Waals surface area (Å²) in [7, 11) is 2.14. The Morgan fingerprint density at radius 2 is 1.09 bits per heavy atom. The molecule has 0 aromatic carbocycles. The number of rotatable bonds is 4. The molecule has 0 amide bonds. The van der Waals surface area contributed by atoms with E-state index < -0.39 is 8.07 Å². The van der Waals surface area contributed by atoms with Crippen LogP contribution in [0.2, 0.25) is 13.1 Å². The van der Waals surface area contributed by atoms with E-state index in [0.29, 0.717) is 12.1 Å². The Kier molecular flexibility index (Phi) is 4.72. The van der Waals surface area contributed by atoms with Gasteiger partial charge in [0.25, 0.3) is 0 Å². The number of aryl methyl sites for hydroxylation is 2. The first kappa shape index (κ1) is 22.3. The topological polar surface area (TPSA) is 32.8 Å². The van der Waals surface area contributed by atoms with Crippen molar-refractivity contribution in [2.24, 2.45) is 0 Å². The number of furan rings is 2. The van der Waals surface area contributed by atoms with Crippen molar-refractivity contribution in [3.05, 3.63) is 105 Å². The third kappa shape index (κ3) is 3.10. The fourth-order valence-corrected chi connectivity index (χ4v) is 9.96. The lowest BCUT2D eigenvalue weighted by Gasteiger charge is -2.31. The summed E-state index contributed by atoms with van der Waals surface area (Å²) in [6.07, 6.45) is 9.60. The average Bonchev–Trinajstić information content (AvgIpc) is 3.61. The molecule has 0 radical (unpaired) electrons. The highest BCUT2D eigenvalue weighted by Crippen LogP contribution is 2.53. The number of likely N-dealkylation sites (N-methyl/N-ethyl adjacent to an activating group) is 2. The van der Waals surface area contributed by atoms with Crippen LogP contribution < -0.4 is 0 Å². The third-order valence-corrected chi connectivity index (χ3v) is 11.8. The van der Waals surface area contributed by atoms with Gasteiger partial charge in [-0.3, -0.25) is 0 Å². The fourth-order valence-electron chi connectivity index (χ4n) is 6.20. The van der Waals surface area contributed by atoms with E-state index in [2.05, 4.69) is 99.4 Å². The molecule has 4 aliphatic rings. The van der Waals surface area contributed by atoms with E-state index in [-0.39, 0.29) is 0 Å². The van der Waals surface area contributed by atoms with Gasteiger partial charge in [-0.2, -0.15) is 0 Å². The van der Waals surface area contributed by atoms with Gasteiger partial charge in [0.2, 0.25) is 0 Å². The van der Waals surface area contributed by atoms with Crippen molar-refractivity contribution in [2.75, 3.05) is 14.1 Å². The summed E-state index contributed by atoms with van der Waals surface area (Å²) in [6.45, 7) is 13.6. The van der Waals surface area contributed by atoms with Crippen molar-refractivity contribution < 1.29 is 8.83 Å². The molecule has 0 N–H and O–H groups in total. The molecule has 5 heteroatoms. The molecule has 6 rings (SSSR count). The molecule has 4 nitrogen and oxygen atoms in total. The molecular weight excluding hydrogens is 448 g/mol. The molecule has 180 valence electrons. The number of nitrogens with zero attached hydrogens (tertiary/aromatic N) is 2. The summed E-state index contributed by atoms with van der Waals surface area (Å²) >= 11 is 0. The normalized spacial score (nSPS) is 23.8. The third-order valence-electron chi connectivity index (χ3n) is 8.25. The van der Waals surface area contributed by atoms with E-state index in [9.17, 15) is 0 Å². The Bertz CT molecular complexity index is 1340. The van der Waals surface area contributed by atoms with Gasteiger partial charge in [0.15, 0.2) is 0 Å². The maximum Gasteiger partial charge on any atom is 0.134 e. The molecule has 0 spiro atoms. The highest BCUT2D eigenvalue weighted by atomic mass is 28.3. The van der Waals surface area contributed by atoms with Gasteiger partial charge in [-0.15, -0.1) is 0 Å². The number of hydrogen-bond acceptors (Lipinski definition) is 4. The van der Waals surface area contributed by atoms with Crippen LogP contribution in [-0.4, -0.2) is 44.1 Å². The van der Waals surface area contributed by atoms with Gasteiger partial charge in [-0.05, 0) is 85.7 Å². The quantitative estimate of drug-likeness (QED) is 0.449. The molecule has 2 aliphatic heterocycles. The summed E-state index contributed by atoms with van der Waals surface area (Å²) in [4.78, 5) is 4.77. The monoisotopic (exact) mass is 482 g/mol. The average molecular weight is 483 g/mol. The molecule has 2 aromatic rings. The van der Waals surface area contributed by atoms with E-state index in [0.717, 1.165) is 23.0 Å². The van der Waals surface area contributed by atoms with Crippen LogP contribution in [0.4, 0.5) is 0 Å². The van der Waals surface area contributed by atoms with Gasteiger partial charge >= 0.3 is 0 Å². The first-order valence-corrected chi connectivity index (χ1v) is 15.5. The minimum atomic E-state index is -2.26. The van der Waals surface area contributed by atoms with Crippen LogP contribution in [0.5, 0.6) is 0 Å². The van der Waals surface area contributed by atoms with Crippen LogP contribution in [0.3, 0.4) is 0 Å². The molecule has 2 unspecified atom stereocenters. The van der Waals surface area contributed by atoms with Crippen molar-refractivity contribution in [3.63, 3.8) is 0 Å². The maximum absolute atomic E-state index is 6.22. The minimum Gasteiger partial charge on any atom is -0.461 e. The van der Waals surface area contributed by atoms with E-state index in [1.54, 1.807) is 0 Å². The molecule has 0 saturated heterocycles. The predicted molar refractivity (Wildman–Crippen MR) is 145 cm³/mol. The Balaban J connectivity index is 1.60. The van der Waals surface area contributed by atoms with Gasteiger partial charge < -0.3 is 18.6 Å². The Morgan fingerprint density at radius 3 is 1.43 bits per heavy atom. The maximum atomic E-state index is 6.22. The summed E-state index contributed by atoms with van der Waals surface area (Å²) in [5.74, 6) is 3.83. The van der Waals surface area contributed by atoms with Crippen LogP contribution in [0, 0.1) is 13.8 Å². The van der Waals surface area contributed by atoms with Gasteiger partial charge in [-0.25, -0.2) is 0 Å². The van der Waals surface area contributed by atoms with Crippen LogP contribution in [-0.2, 0) is 0 Å². The second-order valence-electron chi connectivity index (χ2n) is 10.9. The van der Waals surface area contributed by atoms with Crippen molar-refractivity contribution in [3.8, 4) is 0 Å². The molecule has 2 aromatic heterocycles. The van der Waals surface area contributed by atoms with E-state index >= 15 is 0 Å². The standard InChI is InChI=1S/C30H34N2O2Si/c1-17-13-21-25(31(17)5)15-23(27-11-9-19(3)33-27)29(21)35(7,8)30-22-14-18(2)32(6)26(22)16-24(30)28-12-10-20(4)34-28/h9-18H,1-8H3.